The highest BCUT2D eigenvalue weighted by Gasteiger charge is 2.54. The Morgan fingerprint density at radius 1 is 1.32 bits per heavy atom. The van der Waals surface area contributed by atoms with Crippen LogP contribution in [-0.2, 0) is 0 Å². The van der Waals surface area contributed by atoms with Crippen molar-refractivity contribution in [3.05, 3.63) is 14.5 Å². The molecule has 0 aromatic carbocycles. The molecule has 1 aromatic rings. The third-order valence-corrected chi connectivity index (χ3v) is 5.81. The minimum atomic E-state index is -0.0582. The SMILES string of the molecule is CC1(C)CCC2(CCN2C(=O)c2nc(Cl)sc2Cl)C1. The van der Waals surface area contributed by atoms with Gasteiger partial charge in [0.1, 0.15) is 4.34 Å². The van der Waals surface area contributed by atoms with Gasteiger partial charge in [-0.3, -0.25) is 4.79 Å². The van der Waals surface area contributed by atoms with E-state index in [0.717, 1.165) is 37.1 Å². The average molecular weight is 319 g/mol. The monoisotopic (exact) mass is 318 g/mol. The molecule has 2 heterocycles. The Balaban J connectivity index is 1.84. The molecule has 1 spiro atoms. The molecular formula is C13H16Cl2N2OS. The quantitative estimate of drug-likeness (QED) is 0.775. The molecule has 3 nitrogen and oxygen atoms in total. The van der Waals surface area contributed by atoms with E-state index in [1.165, 1.54) is 6.42 Å². The predicted molar refractivity (Wildman–Crippen MR) is 78.2 cm³/mol. The molecule has 1 atom stereocenters. The topological polar surface area (TPSA) is 33.2 Å². The molecule has 1 amide bonds. The molecule has 2 fully saturated rings. The van der Waals surface area contributed by atoms with Crippen LogP contribution >= 0.6 is 34.5 Å². The molecule has 0 bridgehead atoms. The lowest BCUT2D eigenvalue weighted by molar-refractivity contribution is -0.00458. The maximum atomic E-state index is 12.6. The van der Waals surface area contributed by atoms with Crippen molar-refractivity contribution < 1.29 is 4.79 Å². The van der Waals surface area contributed by atoms with E-state index in [1.807, 2.05) is 4.90 Å². The highest BCUT2D eigenvalue weighted by molar-refractivity contribution is 7.19. The summed E-state index contributed by atoms with van der Waals surface area (Å²) in [5.41, 5.74) is 0.683. The Labute approximate surface area is 126 Å². The van der Waals surface area contributed by atoms with Crippen LogP contribution in [0.1, 0.15) is 50.0 Å². The number of thiazole rings is 1. The third-order valence-electron chi connectivity index (χ3n) is 4.46. The van der Waals surface area contributed by atoms with Gasteiger partial charge in [0.05, 0.1) is 0 Å². The van der Waals surface area contributed by atoms with Crippen LogP contribution in [0.25, 0.3) is 0 Å². The third kappa shape index (κ3) is 2.18. The molecule has 0 N–H and O–H groups in total. The lowest BCUT2D eigenvalue weighted by Crippen LogP contribution is -2.61. The Kier molecular flexibility index (Phi) is 3.12. The minimum absolute atomic E-state index is 0.0417. The number of nitrogens with zero attached hydrogens (tertiary/aromatic N) is 2. The van der Waals surface area contributed by atoms with Crippen LogP contribution in [0, 0.1) is 5.41 Å². The molecule has 104 valence electrons. The van der Waals surface area contributed by atoms with E-state index in [9.17, 15) is 4.79 Å². The Morgan fingerprint density at radius 3 is 2.47 bits per heavy atom. The molecule has 1 unspecified atom stereocenters. The van der Waals surface area contributed by atoms with Crippen molar-refractivity contribution >= 4 is 40.4 Å². The number of aromatic nitrogens is 1. The van der Waals surface area contributed by atoms with Crippen molar-refractivity contribution in [2.75, 3.05) is 6.54 Å². The van der Waals surface area contributed by atoms with Crippen molar-refractivity contribution in [1.29, 1.82) is 0 Å². The molecule has 19 heavy (non-hydrogen) atoms. The summed E-state index contributed by atoms with van der Waals surface area (Å²) in [5, 5.41) is 0. The molecule has 1 aromatic heterocycles. The molecule has 0 radical (unpaired) electrons. The van der Waals surface area contributed by atoms with E-state index in [-0.39, 0.29) is 11.4 Å². The van der Waals surface area contributed by atoms with Gasteiger partial charge in [-0.2, -0.15) is 0 Å². The number of hydrogen-bond acceptors (Lipinski definition) is 3. The molecule has 2 aliphatic rings. The van der Waals surface area contributed by atoms with Crippen molar-refractivity contribution in [2.24, 2.45) is 5.41 Å². The summed E-state index contributed by atoms with van der Waals surface area (Å²) < 4.78 is 0.726. The van der Waals surface area contributed by atoms with Crippen molar-refractivity contribution in [1.82, 2.24) is 9.88 Å². The second kappa shape index (κ2) is 4.34. The number of hydrogen-bond donors (Lipinski definition) is 0. The normalized spacial score (nSPS) is 28.7. The van der Waals surface area contributed by atoms with E-state index in [2.05, 4.69) is 18.8 Å². The van der Waals surface area contributed by atoms with Crippen LogP contribution < -0.4 is 0 Å². The first-order valence-electron chi connectivity index (χ1n) is 6.47. The fraction of sp³-hybridized carbons (Fsp3) is 0.692. The van der Waals surface area contributed by atoms with E-state index in [1.54, 1.807) is 0 Å². The zero-order valence-corrected chi connectivity index (χ0v) is 13.3. The fourth-order valence-electron chi connectivity index (χ4n) is 3.48. The van der Waals surface area contributed by atoms with Gasteiger partial charge in [-0.1, -0.05) is 48.4 Å². The van der Waals surface area contributed by atoms with Gasteiger partial charge in [0, 0.05) is 12.1 Å². The van der Waals surface area contributed by atoms with Crippen LogP contribution in [0.3, 0.4) is 0 Å². The first-order valence-corrected chi connectivity index (χ1v) is 8.04. The van der Waals surface area contributed by atoms with Crippen LogP contribution in [0.5, 0.6) is 0 Å². The zero-order chi connectivity index (χ0) is 13.8. The lowest BCUT2D eigenvalue weighted by atomic mass is 9.79. The number of carbonyl (C=O) groups is 1. The summed E-state index contributed by atoms with van der Waals surface area (Å²) in [5.74, 6) is -0.0582. The largest absolute Gasteiger partial charge is 0.331 e. The fourth-order valence-corrected chi connectivity index (χ4v) is 4.77. The molecule has 1 saturated carbocycles. The summed E-state index contributed by atoms with van der Waals surface area (Å²) in [4.78, 5) is 18.6. The van der Waals surface area contributed by atoms with Crippen LogP contribution in [0.15, 0.2) is 0 Å². The van der Waals surface area contributed by atoms with E-state index in [4.69, 9.17) is 23.2 Å². The number of rotatable bonds is 1. The summed E-state index contributed by atoms with van der Waals surface area (Å²) >= 11 is 13.0. The van der Waals surface area contributed by atoms with Crippen molar-refractivity contribution in [2.45, 2.75) is 45.1 Å². The molecule has 1 aliphatic heterocycles. The highest BCUT2D eigenvalue weighted by atomic mass is 35.5. The van der Waals surface area contributed by atoms with Crippen molar-refractivity contribution in [3.63, 3.8) is 0 Å². The van der Waals surface area contributed by atoms with Gasteiger partial charge in [0.2, 0.25) is 0 Å². The van der Waals surface area contributed by atoms with Gasteiger partial charge < -0.3 is 4.90 Å². The van der Waals surface area contributed by atoms with Gasteiger partial charge in [-0.05, 0) is 31.1 Å². The Hall–Kier alpha value is -0.320. The van der Waals surface area contributed by atoms with Gasteiger partial charge in [0.25, 0.3) is 5.91 Å². The minimum Gasteiger partial charge on any atom is -0.331 e. The first kappa shape index (κ1) is 13.7. The molecule has 1 saturated heterocycles. The number of carbonyl (C=O) groups excluding carboxylic acids is 1. The second-order valence-electron chi connectivity index (χ2n) is 6.36. The number of likely N-dealkylation sites (tertiary alicyclic amines) is 1. The zero-order valence-electron chi connectivity index (χ0n) is 11.0. The highest BCUT2D eigenvalue weighted by Crippen LogP contribution is 2.53. The molecule has 1 aliphatic carbocycles. The van der Waals surface area contributed by atoms with E-state index in [0.29, 0.717) is 19.9 Å². The van der Waals surface area contributed by atoms with Gasteiger partial charge in [0.15, 0.2) is 10.2 Å². The van der Waals surface area contributed by atoms with E-state index < -0.39 is 0 Å². The summed E-state index contributed by atoms with van der Waals surface area (Å²) in [6.07, 6.45) is 4.42. The van der Waals surface area contributed by atoms with Crippen molar-refractivity contribution in [3.8, 4) is 0 Å². The lowest BCUT2D eigenvalue weighted by Gasteiger charge is -2.51. The standard InChI is InChI=1S/C13H16Cl2N2OS/c1-12(2)3-4-13(7-12)5-6-17(13)10(18)8-9(14)19-11(15)16-8/h3-7H2,1-2H3. The van der Waals surface area contributed by atoms with Gasteiger partial charge >= 0.3 is 0 Å². The van der Waals surface area contributed by atoms with Gasteiger partial charge in [-0.25, -0.2) is 4.98 Å². The van der Waals surface area contributed by atoms with E-state index >= 15 is 0 Å². The van der Waals surface area contributed by atoms with Gasteiger partial charge in [-0.15, -0.1) is 0 Å². The summed E-state index contributed by atoms with van der Waals surface area (Å²) in [6, 6.07) is 0. The second-order valence-corrected chi connectivity index (χ2v) is 8.54. The predicted octanol–water partition coefficient (Wildman–Crippen LogP) is 4.24. The Bertz CT molecular complexity index is 543. The average Bonchev–Trinajstić information content (AvgIpc) is 2.78. The number of amides is 1. The maximum Gasteiger partial charge on any atom is 0.275 e. The van der Waals surface area contributed by atoms with Crippen LogP contribution in [0.4, 0.5) is 0 Å². The smallest absolute Gasteiger partial charge is 0.275 e. The maximum absolute atomic E-state index is 12.6. The van der Waals surface area contributed by atoms with Crippen LogP contribution in [-0.4, -0.2) is 27.9 Å². The Morgan fingerprint density at radius 2 is 2.05 bits per heavy atom. The molecule has 6 heteroatoms. The van der Waals surface area contributed by atoms with Crippen LogP contribution in [0.2, 0.25) is 8.80 Å². The summed E-state index contributed by atoms with van der Waals surface area (Å²) in [7, 11) is 0. The molecule has 3 rings (SSSR count). The molecular weight excluding hydrogens is 303 g/mol. The number of halogens is 2. The summed E-state index contributed by atoms with van der Waals surface area (Å²) in [6.45, 7) is 5.35. The first-order chi connectivity index (χ1) is 8.83.